The van der Waals surface area contributed by atoms with Crippen LogP contribution < -0.4 is 5.56 Å². The smallest absolute Gasteiger partial charge is 0.302 e. The van der Waals surface area contributed by atoms with E-state index in [-0.39, 0.29) is 24.7 Å². The SMILES string of the molecule is CC(=O)OCCc1nn(Cc2ccc3ccccc3n2)c(=O)c2ccccc12. The lowest BCUT2D eigenvalue weighted by Gasteiger charge is -2.11. The third-order valence-electron chi connectivity index (χ3n) is 4.56. The summed E-state index contributed by atoms with van der Waals surface area (Å²) < 4.78 is 6.49. The normalized spacial score (nSPS) is 11.0. The van der Waals surface area contributed by atoms with Gasteiger partial charge in [0, 0.05) is 24.1 Å². The number of pyridine rings is 1. The Labute approximate surface area is 161 Å². The Balaban J connectivity index is 1.73. The minimum atomic E-state index is -0.335. The lowest BCUT2D eigenvalue weighted by Crippen LogP contribution is -2.26. The summed E-state index contributed by atoms with van der Waals surface area (Å²) >= 11 is 0. The molecule has 4 aromatic rings. The maximum absolute atomic E-state index is 12.9. The molecular weight excluding hydrogens is 354 g/mol. The molecule has 0 aliphatic heterocycles. The first kappa shape index (κ1) is 17.9. The van der Waals surface area contributed by atoms with Gasteiger partial charge in [-0.2, -0.15) is 5.10 Å². The number of benzene rings is 2. The van der Waals surface area contributed by atoms with Crippen molar-refractivity contribution in [3.05, 3.63) is 82.4 Å². The first-order chi connectivity index (χ1) is 13.6. The Kier molecular flexibility index (Phi) is 4.85. The van der Waals surface area contributed by atoms with Gasteiger partial charge in [0.15, 0.2) is 0 Å². The number of para-hydroxylation sites is 1. The van der Waals surface area contributed by atoms with Crippen LogP contribution in [-0.2, 0) is 22.5 Å². The van der Waals surface area contributed by atoms with E-state index in [1.807, 2.05) is 54.6 Å². The summed E-state index contributed by atoms with van der Waals surface area (Å²) in [4.78, 5) is 28.6. The minimum absolute atomic E-state index is 0.165. The second kappa shape index (κ2) is 7.60. The summed E-state index contributed by atoms with van der Waals surface area (Å²) in [5.74, 6) is -0.335. The Bertz CT molecular complexity index is 1230. The van der Waals surface area contributed by atoms with Crippen molar-refractivity contribution in [1.29, 1.82) is 0 Å². The van der Waals surface area contributed by atoms with Crippen LogP contribution in [0.15, 0.2) is 65.5 Å². The van der Waals surface area contributed by atoms with Crippen molar-refractivity contribution in [1.82, 2.24) is 14.8 Å². The van der Waals surface area contributed by atoms with Crippen molar-refractivity contribution in [2.24, 2.45) is 0 Å². The fourth-order valence-corrected chi connectivity index (χ4v) is 3.24. The number of aromatic nitrogens is 3. The number of fused-ring (bicyclic) bond motifs is 2. The minimum Gasteiger partial charge on any atom is -0.465 e. The van der Waals surface area contributed by atoms with Crippen LogP contribution in [0, 0.1) is 0 Å². The maximum Gasteiger partial charge on any atom is 0.302 e. The van der Waals surface area contributed by atoms with Gasteiger partial charge >= 0.3 is 5.97 Å². The van der Waals surface area contributed by atoms with Gasteiger partial charge in [-0.25, -0.2) is 4.68 Å². The van der Waals surface area contributed by atoms with Gasteiger partial charge in [0.05, 0.1) is 35.4 Å². The van der Waals surface area contributed by atoms with E-state index in [9.17, 15) is 9.59 Å². The van der Waals surface area contributed by atoms with Crippen LogP contribution in [0.3, 0.4) is 0 Å². The van der Waals surface area contributed by atoms with E-state index in [1.165, 1.54) is 11.6 Å². The summed E-state index contributed by atoms with van der Waals surface area (Å²) in [6, 6.07) is 19.1. The number of hydrogen-bond acceptors (Lipinski definition) is 5. The summed E-state index contributed by atoms with van der Waals surface area (Å²) in [5, 5.41) is 6.97. The number of hydrogen-bond donors (Lipinski definition) is 0. The van der Waals surface area contributed by atoms with Crippen molar-refractivity contribution in [3.8, 4) is 0 Å². The third kappa shape index (κ3) is 3.62. The molecule has 0 aliphatic rings. The largest absolute Gasteiger partial charge is 0.465 e. The molecule has 2 heterocycles. The van der Waals surface area contributed by atoms with Gasteiger partial charge in [0.2, 0.25) is 0 Å². The third-order valence-corrected chi connectivity index (χ3v) is 4.56. The zero-order valence-corrected chi connectivity index (χ0v) is 15.5. The predicted molar refractivity (Wildman–Crippen MR) is 107 cm³/mol. The van der Waals surface area contributed by atoms with Crippen LogP contribution in [-0.4, -0.2) is 27.3 Å². The highest BCUT2D eigenvalue weighted by molar-refractivity contribution is 5.83. The molecule has 0 N–H and O–H groups in total. The van der Waals surface area contributed by atoms with Crippen LogP contribution >= 0.6 is 0 Å². The number of carbonyl (C=O) groups excluding carboxylic acids is 1. The van der Waals surface area contributed by atoms with E-state index >= 15 is 0 Å². The molecule has 0 saturated carbocycles. The standard InChI is InChI=1S/C22H19N3O3/c1-15(26)28-13-12-21-18-7-3-4-8-19(18)22(27)25(24-21)14-17-11-10-16-6-2-5-9-20(16)23-17/h2-11H,12-14H2,1H3. The maximum atomic E-state index is 12.9. The number of nitrogens with zero attached hydrogens (tertiary/aromatic N) is 3. The first-order valence-electron chi connectivity index (χ1n) is 9.08. The first-order valence-corrected chi connectivity index (χ1v) is 9.08. The molecule has 0 amide bonds. The second-order valence-electron chi connectivity index (χ2n) is 6.54. The highest BCUT2D eigenvalue weighted by Gasteiger charge is 2.12. The Morgan fingerprint density at radius 2 is 1.75 bits per heavy atom. The molecule has 2 aromatic heterocycles. The zero-order chi connectivity index (χ0) is 19.5. The van der Waals surface area contributed by atoms with Crippen LogP contribution in [0.2, 0.25) is 0 Å². The highest BCUT2D eigenvalue weighted by atomic mass is 16.5. The molecule has 0 radical (unpaired) electrons. The van der Waals surface area contributed by atoms with Crippen LogP contribution in [0.25, 0.3) is 21.7 Å². The average molecular weight is 373 g/mol. The van der Waals surface area contributed by atoms with Gasteiger partial charge in [0.1, 0.15) is 0 Å². The molecule has 0 atom stereocenters. The van der Waals surface area contributed by atoms with Gasteiger partial charge in [-0.15, -0.1) is 0 Å². The van der Waals surface area contributed by atoms with Crippen molar-refractivity contribution < 1.29 is 9.53 Å². The molecule has 0 aliphatic carbocycles. The van der Waals surface area contributed by atoms with E-state index in [2.05, 4.69) is 10.1 Å². The fourth-order valence-electron chi connectivity index (χ4n) is 3.24. The lowest BCUT2D eigenvalue weighted by molar-refractivity contribution is -0.140. The second-order valence-corrected chi connectivity index (χ2v) is 6.54. The van der Waals surface area contributed by atoms with Gasteiger partial charge in [-0.05, 0) is 18.2 Å². The molecular formula is C22H19N3O3. The van der Waals surface area contributed by atoms with Crippen molar-refractivity contribution in [2.75, 3.05) is 6.61 Å². The highest BCUT2D eigenvalue weighted by Crippen LogP contribution is 2.15. The van der Waals surface area contributed by atoms with E-state index in [4.69, 9.17) is 4.74 Å². The Morgan fingerprint density at radius 1 is 1.00 bits per heavy atom. The van der Waals surface area contributed by atoms with E-state index in [0.717, 1.165) is 27.7 Å². The van der Waals surface area contributed by atoms with Gasteiger partial charge in [-0.1, -0.05) is 42.5 Å². The van der Waals surface area contributed by atoms with Crippen molar-refractivity contribution >= 4 is 27.6 Å². The van der Waals surface area contributed by atoms with Crippen LogP contribution in [0.5, 0.6) is 0 Å². The molecule has 140 valence electrons. The van der Waals surface area contributed by atoms with Crippen LogP contribution in [0.1, 0.15) is 18.3 Å². The number of ether oxygens (including phenoxy) is 1. The fraction of sp³-hybridized carbons (Fsp3) is 0.182. The van der Waals surface area contributed by atoms with E-state index in [1.54, 1.807) is 6.07 Å². The molecule has 4 rings (SSSR count). The van der Waals surface area contributed by atoms with Gasteiger partial charge < -0.3 is 4.74 Å². The molecule has 6 nitrogen and oxygen atoms in total. The number of esters is 1. The average Bonchev–Trinajstić information content (AvgIpc) is 2.71. The molecule has 0 bridgehead atoms. The number of carbonyl (C=O) groups is 1. The summed E-state index contributed by atoms with van der Waals surface area (Å²) in [6.07, 6.45) is 0.436. The lowest BCUT2D eigenvalue weighted by atomic mass is 10.1. The van der Waals surface area contributed by atoms with E-state index in [0.29, 0.717) is 11.8 Å². The molecule has 0 spiro atoms. The zero-order valence-electron chi connectivity index (χ0n) is 15.5. The molecule has 0 saturated heterocycles. The molecule has 0 fully saturated rings. The quantitative estimate of drug-likeness (QED) is 0.503. The molecule has 28 heavy (non-hydrogen) atoms. The predicted octanol–water partition coefficient (Wildman–Crippen LogP) is 3.10. The topological polar surface area (TPSA) is 74.1 Å². The van der Waals surface area contributed by atoms with Gasteiger partial charge in [-0.3, -0.25) is 14.6 Å². The monoisotopic (exact) mass is 373 g/mol. The van der Waals surface area contributed by atoms with Crippen molar-refractivity contribution in [2.45, 2.75) is 19.9 Å². The Hall–Kier alpha value is -3.54. The molecule has 2 aromatic carbocycles. The Morgan fingerprint density at radius 3 is 2.57 bits per heavy atom. The summed E-state index contributed by atoms with van der Waals surface area (Å²) in [6.45, 7) is 1.87. The number of rotatable bonds is 5. The summed E-state index contributed by atoms with van der Waals surface area (Å²) in [7, 11) is 0. The van der Waals surface area contributed by atoms with Crippen LogP contribution in [0.4, 0.5) is 0 Å². The van der Waals surface area contributed by atoms with E-state index < -0.39 is 0 Å². The molecule has 0 unspecified atom stereocenters. The summed E-state index contributed by atoms with van der Waals surface area (Å²) in [5.41, 5.74) is 2.19. The molecule has 6 heteroatoms. The van der Waals surface area contributed by atoms with Crippen molar-refractivity contribution in [3.63, 3.8) is 0 Å². The van der Waals surface area contributed by atoms with Gasteiger partial charge in [0.25, 0.3) is 5.56 Å².